The van der Waals surface area contributed by atoms with Gasteiger partial charge in [-0.1, -0.05) is 13.8 Å². The maximum absolute atomic E-state index is 11.6. The number of nitrogens with two attached hydrogens (primary N) is 2. The van der Waals surface area contributed by atoms with E-state index in [1.54, 1.807) is 6.07 Å². The van der Waals surface area contributed by atoms with Crippen LogP contribution in [0.4, 0.5) is 0 Å². The summed E-state index contributed by atoms with van der Waals surface area (Å²) >= 11 is 1.03. The lowest BCUT2D eigenvalue weighted by atomic mass is 10.1. The van der Waals surface area contributed by atoms with Gasteiger partial charge in [-0.25, -0.2) is 13.6 Å². The molecule has 18 heavy (non-hydrogen) atoms. The smallest absolute Gasteiger partial charge is 0.247 e. The average molecular weight is 291 g/mol. The predicted octanol–water partition coefficient (Wildman–Crippen LogP) is -0.00500. The van der Waals surface area contributed by atoms with E-state index in [9.17, 15) is 13.2 Å². The first-order valence-corrected chi connectivity index (χ1v) is 7.73. The molecule has 8 heteroatoms. The summed E-state index contributed by atoms with van der Waals surface area (Å²) in [6.45, 7) is 3.96. The van der Waals surface area contributed by atoms with E-state index >= 15 is 0 Å². The van der Waals surface area contributed by atoms with Gasteiger partial charge in [0.1, 0.15) is 4.21 Å². The first-order valence-electron chi connectivity index (χ1n) is 5.36. The van der Waals surface area contributed by atoms with Crippen molar-refractivity contribution in [1.82, 2.24) is 5.32 Å². The van der Waals surface area contributed by atoms with Gasteiger partial charge in [-0.2, -0.15) is 0 Å². The van der Waals surface area contributed by atoms with Crippen LogP contribution in [-0.4, -0.2) is 20.4 Å². The van der Waals surface area contributed by atoms with Crippen molar-refractivity contribution < 1.29 is 13.2 Å². The van der Waals surface area contributed by atoms with Crippen molar-refractivity contribution in [2.75, 3.05) is 0 Å². The van der Waals surface area contributed by atoms with Crippen LogP contribution in [0.2, 0.25) is 0 Å². The monoisotopic (exact) mass is 291 g/mol. The molecule has 0 saturated carbocycles. The lowest BCUT2D eigenvalue weighted by Crippen LogP contribution is -2.43. The normalized spacial score (nSPS) is 13.6. The minimum atomic E-state index is -3.67. The summed E-state index contributed by atoms with van der Waals surface area (Å²) in [5.41, 5.74) is 5.67. The zero-order valence-electron chi connectivity index (χ0n) is 10.2. The summed E-state index contributed by atoms with van der Waals surface area (Å²) < 4.78 is 22.2. The van der Waals surface area contributed by atoms with E-state index in [1.165, 1.54) is 6.07 Å². The lowest BCUT2D eigenvalue weighted by molar-refractivity contribution is -0.123. The molecule has 0 saturated heterocycles. The number of hydrogen-bond acceptors (Lipinski definition) is 5. The number of sulfonamides is 1. The molecule has 0 fully saturated rings. The van der Waals surface area contributed by atoms with Gasteiger partial charge in [0.25, 0.3) is 0 Å². The van der Waals surface area contributed by atoms with Crippen molar-refractivity contribution in [2.45, 2.75) is 30.6 Å². The Bertz CT molecular complexity index is 522. The summed E-state index contributed by atoms with van der Waals surface area (Å²) in [7, 11) is -3.67. The van der Waals surface area contributed by atoms with Crippen LogP contribution in [-0.2, 0) is 21.4 Å². The Labute approximate surface area is 110 Å². The van der Waals surface area contributed by atoms with Crippen LogP contribution >= 0.6 is 11.3 Å². The fourth-order valence-corrected chi connectivity index (χ4v) is 2.92. The fourth-order valence-electron chi connectivity index (χ4n) is 1.20. The molecule has 1 atom stereocenters. The van der Waals surface area contributed by atoms with Crippen LogP contribution < -0.4 is 16.2 Å². The van der Waals surface area contributed by atoms with Crippen LogP contribution in [0.3, 0.4) is 0 Å². The molecule has 0 aliphatic carbocycles. The topological polar surface area (TPSA) is 115 Å². The van der Waals surface area contributed by atoms with E-state index < -0.39 is 16.1 Å². The van der Waals surface area contributed by atoms with Crippen LogP contribution in [0.25, 0.3) is 0 Å². The molecule has 6 nitrogen and oxygen atoms in total. The molecule has 1 aromatic heterocycles. The number of nitrogens with one attached hydrogen (secondary N) is 1. The summed E-state index contributed by atoms with van der Waals surface area (Å²) in [5, 5.41) is 7.64. The first kappa shape index (κ1) is 15.1. The molecule has 102 valence electrons. The van der Waals surface area contributed by atoms with Crippen molar-refractivity contribution in [1.29, 1.82) is 0 Å². The molecule has 1 amide bonds. The van der Waals surface area contributed by atoms with Crippen molar-refractivity contribution >= 4 is 27.3 Å². The quantitative estimate of drug-likeness (QED) is 0.708. The number of hydrogen-bond donors (Lipinski definition) is 3. The van der Waals surface area contributed by atoms with Gasteiger partial charge in [-0.05, 0) is 18.1 Å². The highest BCUT2D eigenvalue weighted by Gasteiger charge is 2.17. The summed E-state index contributed by atoms with van der Waals surface area (Å²) in [4.78, 5) is 12.3. The van der Waals surface area contributed by atoms with Gasteiger partial charge < -0.3 is 11.1 Å². The maximum atomic E-state index is 11.6. The van der Waals surface area contributed by atoms with Crippen molar-refractivity contribution in [3.8, 4) is 0 Å². The molecule has 5 N–H and O–H groups in total. The summed E-state index contributed by atoms with van der Waals surface area (Å²) in [6.07, 6.45) is 0. The van der Waals surface area contributed by atoms with Gasteiger partial charge >= 0.3 is 0 Å². The number of thiophene rings is 1. The van der Waals surface area contributed by atoms with E-state index in [0.29, 0.717) is 4.88 Å². The average Bonchev–Trinajstić information content (AvgIpc) is 2.72. The fraction of sp³-hybridized carbons (Fsp3) is 0.500. The molecule has 0 radical (unpaired) electrons. The maximum Gasteiger partial charge on any atom is 0.247 e. The highest BCUT2D eigenvalue weighted by atomic mass is 32.2. The van der Waals surface area contributed by atoms with Gasteiger partial charge in [0, 0.05) is 4.88 Å². The third kappa shape index (κ3) is 4.05. The molecule has 0 aromatic carbocycles. The van der Waals surface area contributed by atoms with E-state index in [1.807, 2.05) is 13.8 Å². The van der Waals surface area contributed by atoms with Crippen molar-refractivity contribution in [2.24, 2.45) is 16.8 Å². The Morgan fingerprint density at radius 2 is 2.06 bits per heavy atom. The van der Waals surface area contributed by atoms with Gasteiger partial charge in [-0.3, -0.25) is 4.79 Å². The molecule has 0 aliphatic heterocycles. The van der Waals surface area contributed by atoms with E-state index in [-0.39, 0.29) is 22.6 Å². The van der Waals surface area contributed by atoms with Crippen LogP contribution in [0.15, 0.2) is 16.3 Å². The summed E-state index contributed by atoms with van der Waals surface area (Å²) in [5.74, 6) is -0.205. The standard InChI is InChI=1S/C10H17N3O3S2/c1-6(2)9(11)10(14)13-5-7-3-4-8(17-7)18(12,15)16/h3-4,6,9H,5,11H2,1-2H3,(H,13,14)(H2,12,15,16)/t9-/m0/s1. The van der Waals surface area contributed by atoms with Crippen LogP contribution in [0.5, 0.6) is 0 Å². The van der Waals surface area contributed by atoms with E-state index in [4.69, 9.17) is 10.9 Å². The zero-order chi connectivity index (χ0) is 13.9. The van der Waals surface area contributed by atoms with Crippen LogP contribution in [0, 0.1) is 5.92 Å². The van der Waals surface area contributed by atoms with Gasteiger partial charge in [-0.15, -0.1) is 11.3 Å². The minimum Gasteiger partial charge on any atom is -0.350 e. The molecule has 0 bridgehead atoms. The second-order valence-corrected chi connectivity index (χ2v) is 7.21. The minimum absolute atomic E-state index is 0.0494. The molecular formula is C10H17N3O3S2. The second kappa shape index (κ2) is 5.79. The molecule has 0 unspecified atom stereocenters. The molecular weight excluding hydrogens is 274 g/mol. The highest BCUT2D eigenvalue weighted by Crippen LogP contribution is 2.19. The number of rotatable bonds is 5. The Kier molecular flexibility index (Phi) is 4.85. The molecule has 1 aromatic rings. The molecule has 0 spiro atoms. The Morgan fingerprint density at radius 1 is 1.44 bits per heavy atom. The van der Waals surface area contributed by atoms with Gasteiger partial charge in [0.05, 0.1) is 12.6 Å². The first-order chi connectivity index (χ1) is 8.21. The second-order valence-electron chi connectivity index (χ2n) is 4.25. The van der Waals surface area contributed by atoms with Crippen molar-refractivity contribution in [3.63, 3.8) is 0 Å². The van der Waals surface area contributed by atoms with Gasteiger partial charge in [0.15, 0.2) is 0 Å². The number of amides is 1. The molecule has 1 heterocycles. The third-order valence-corrected chi connectivity index (χ3v) is 4.90. The van der Waals surface area contributed by atoms with Crippen LogP contribution in [0.1, 0.15) is 18.7 Å². The Balaban J connectivity index is 2.60. The third-order valence-electron chi connectivity index (χ3n) is 2.38. The zero-order valence-corrected chi connectivity index (χ0v) is 11.8. The lowest BCUT2D eigenvalue weighted by Gasteiger charge is -2.14. The number of carbonyl (C=O) groups excluding carboxylic acids is 1. The van der Waals surface area contributed by atoms with E-state index in [0.717, 1.165) is 11.3 Å². The largest absolute Gasteiger partial charge is 0.350 e. The summed E-state index contributed by atoms with van der Waals surface area (Å²) in [6, 6.07) is 2.47. The Hall–Kier alpha value is -0.960. The predicted molar refractivity (Wildman–Crippen MR) is 70.4 cm³/mol. The van der Waals surface area contributed by atoms with Gasteiger partial charge in [0.2, 0.25) is 15.9 Å². The molecule has 1 rings (SSSR count). The van der Waals surface area contributed by atoms with Crippen molar-refractivity contribution in [3.05, 3.63) is 17.0 Å². The number of primary sulfonamides is 1. The Morgan fingerprint density at radius 3 is 2.50 bits per heavy atom. The SMILES string of the molecule is CC(C)[C@H](N)C(=O)NCc1ccc(S(N)(=O)=O)s1. The number of carbonyl (C=O) groups is 1. The molecule has 0 aliphatic rings. The van der Waals surface area contributed by atoms with E-state index in [2.05, 4.69) is 5.32 Å². The highest BCUT2D eigenvalue weighted by molar-refractivity contribution is 7.91.